The number of nitrogens with one attached hydrogen (secondary N) is 1. The molecule has 2 aromatic carbocycles. The van der Waals surface area contributed by atoms with Crippen molar-refractivity contribution in [3.05, 3.63) is 54.3 Å². The van der Waals surface area contributed by atoms with E-state index in [1.54, 1.807) is 23.9 Å². The van der Waals surface area contributed by atoms with Crippen LogP contribution in [-0.2, 0) is 9.59 Å². The zero-order valence-electron chi connectivity index (χ0n) is 14.0. The lowest BCUT2D eigenvalue weighted by atomic mass is 10.1. The van der Waals surface area contributed by atoms with Gasteiger partial charge in [-0.1, -0.05) is 0 Å². The Hall–Kier alpha value is -2.87. The summed E-state index contributed by atoms with van der Waals surface area (Å²) in [6.07, 6.45) is 2.05. The van der Waals surface area contributed by atoms with Crippen molar-refractivity contribution in [2.45, 2.75) is 17.4 Å². The number of primary amides is 1. The third kappa shape index (κ3) is 3.85. The van der Waals surface area contributed by atoms with Crippen LogP contribution in [0.15, 0.2) is 58.5 Å². The number of anilines is 2. The first-order valence-electron chi connectivity index (χ1n) is 7.85. The smallest absolute Gasteiger partial charge is 0.271 e. The molecule has 0 fully saturated rings. The molecule has 2 amide bonds. The van der Waals surface area contributed by atoms with Gasteiger partial charge in [-0.3, -0.25) is 14.6 Å². The Balaban J connectivity index is 1.79. The number of nitrogens with zero attached hydrogens (tertiary/aromatic N) is 2. The van der Waals surface area contributed by atoms with Crippen LogP contribution in [0.4, 0.5) is 15.8 Å². The normalized spacial score (nSPS) is 16.3. The molecule has 134 valence electrons. The van der Waals surface area contributed by atoms with Gasteiger partial charge in [0.1, 0.15) is 17.6 Å². The van der Waals surface area contributed by atoms with Gasteiger partial charge in [-0.05, 0) is 54.8 Å². The molecule has 3 N–H and O–H groups in total. The summed E-state index contributed by atoms with van der Waals surface area (Å²) in [4.78, 5) is 25.3. The lowest BCUT2D eigenvalue weighted by molar-refractivity contribution is -0.119. The number of rotatable bonds is 5. The molecule has 0 aliphatic carbocycles. The molecule has 1 atom stereocenters. The second-order valence-electron chi connectivity index (χ2n) is 5.67. The minimum atomic E-state index is -0.792. The monoisotopic (exact) mass is 372 g/mol. The minimum absolute atomic E-state index is 0.0848. The molecular formula is C18H17FN4O2S. The molecule has 1 unspecified atom stereocenters. The zero-order chi connectivity index (χ0) is 18.7. The van der Waals surface area contributed by atoms with Crippen molar-refractivity contribution in [2.24, 2.45) is 10.8 Å². The van der Waals surface area contributed by atoms with E-state index in [-0.39, 0.29) is 12.1 Å². The summed E-state index contributed by atoms with van der Waals surface area (Å²) in [6, 6.07) is 12.1. The fourth-order valence-electron chi connectivity index (χ4n) is 2.58. The fourth-order valence-corrected chi connectivity index (χ4v) is 2.99. The first-order valence-corrected chi connectivity index (χ1v) is 9.07. The van der Waals surface area contributed by atoms with Gasteiger partial charge in [0.05, 0.1) is 5.69 Å². The molecular weight excluding hydrogens is 355 g/mol. The number of halogens is 1. The van der Waals surface area contributed by atoms with Crippen LogP contribution in [0.5, 0.6) is 0 Å². The van der Waals surface area contributed by atoms with Crippen LogP contribution >= 0.6 is 11.8 Å². The van der Waals surface area contributed by atoms with E-state index in [4.69, 9.17) is 5.73 Å². The van der Waals surface area contributed by atoms with E-state index in [9.17, 15) is 14.0 Å². The summed E-state index contributed by atoms with van der Waals surface area (Å²) in [6.45, 7) is 0. The summed E-state index contributed by atoms with van der Waals surface area (Å²) in [7, 11) is 0. The van der Waals surface area contributed by atoms with Crippen LogP contribution in [0.2, 0.25) is 0 Å². The summed E-state index contributed by atoms with van der Waals surface area (Å²) >= 11 is 1.60. The fraction of sp³-hybridized carbons (Fsp3) is 0.167. The Morgan fingerprint density at radius 2 is 1.85 bits per heavy atom. The Bertz CT molecular complexity index is 852. The van der Waals surface area contributed by atoms with Crippen LogP contribution in [0, 0.1) is 5.82 Å². The number of hydrazone groups is 1. The molecule has 6 nitrogen and oxygen atoms in total. The van der Waals surface area contributed by atoms with Crippen molar-refractivity contribution in [3.63, 3.8) is 0 Å². The van der Waals surface area contributed by atoms with E-state index < -0.39 is 23.7 Å². The average molecular weight is 372 g/mol. The largest absolute Gasteiger partial charge is 0.368 e. The lowest BCUT2D eigenvalue weighted by Gasteiger charge is -2.20. The zero-order valence-corrected chi connectivity index (χ0v) is 14.8. The van der Waals surface area contributed by atoms with Crippen molar-refractivity contribution in [1.82, 2.24) is 0 Å². The maximum absolute atomic E-state index is 13.1. The standard InChI is InChI=1S/C18H17FN4O2S/c1-26-14-8-4-12(5-9-14)21-18(25)15-10-16(17(20)24)23(22-15)13-6-2-11(19)3-7-13/h2-9,16H,10H2,1H3,(H2,20,24)(H,21,25). The van der Waals surface area contributed by atoms with Gasteiger partial charge in [-0.25, -0.2) is 4.39 Å². The van der Waals surface area contributed by atoms with Crippen LogP contribution in [-0.4, -0.2) is 29.8 Å². The Morgan fingerprint density at radius 3 is 2.42 bits per heavy atom. The average Bonchev–Trinajstić information content (AvgIpc) is 3.09. The van der Waals surface area contributed by atoms with E-state index in [2.05, 4.69) is 10.4 Å². The van der Waals surface area contributed by atoms with Crippen LogP contribution in [0.3, 0.4) is 0 Å². The molecule has 0 spiro atoms. The highest BCUT2D eigenvalue weighted by Crippen LogP contribution is 2.25. The SMILES string of the molecule is CSc1ccc(NC(=O)C2=NN(c3ccc(F)cc3)C(C(N)=O)C2)cc1. The lowest BCUT2D eigenvalue weighted by Crippen LogP contribution is -2.39. The molecule has 8 heteroatoms. The van der Waals surface area contributed by atoms with Crippen LogP contribution in [0.25, 0.3) is 0 Å². The first-order chi connectivity index (χ1) is 12.5. The highest BCUT2D eigenvalue weighted by atomic mass is 32.2. The number of hydrogen-bond donors (Lipinski definition) is 2. The first kappa shape index (κ1) is 17.9. The van der Waals surface area contributed by atoms with Crippen molar-refractivity contribution < 1.29 is 14.0 Å². The molecule has 2 aromatic rings. The van der Waals surface area contributed by atoms with Gasteiger partial charge in [0.2, 0.25) is 5.91 Å². The second-order valence-corrected chi connectivity index (χ2v) is 6.55. The Kier molecular flexibility index (Phi) is 5.22. The summed E-state index contributed by atoms with van der Waals surface area (Å²) < 4.78 is 13.1. The molecule has 0 aromatic heterocycles. The maximum atomic E-state index is 13.1. The van der Waals surface area contributed by atoms with Gasteiger partial charge in [0.25, 0.3) is 5.91 Å². The minimum Gasteiger partial charge on any atom is -0.368 e. The molecule has 1 aliphatic rings. The summed E-state index contributed by atoms with van der Waals surface area (Å²) in [5, 5.41) is 8.34. The van der Waals surface area contributed by atoms with E-state index in [1.807, 2.05) is 18.4 Å². The van der Waals surface area contributed by atoms with Gasteiger partial charge in [-0.2, -0.15) is 5.10 Å². The molecule has 3 rings (SSSR count). The number of hydrogen-bond acceptors (Lipinski definition) is 5. The molecule has 0 radical (unpaired) electrons. The number of carbonyl (C=O) groups excluding carboxylic acids is 2. The van der Waals surface area contributed by atoms with Crippen LogP contribution < -0.4 is 16.1 Å². The Morgan fingerprint density at radius 1 is 1.19 bits per heavy atom. The van der Waals surface area contributed by atoms with Crippen molar-refractivity contribution in [2.75, 3.05) is 16.6 Å². The van der Waals surface area contributed by atoms with E-state index in [1.165, 1.54) is 29.3 Å². The van der Waals surface area contributed by atoms with E-state index in [0.29, 0.717) is 11.4 Å². The van der Waals surface area contributed by atoms with Gasteiger partial charge >= 0.3 is 0 Å². The van der Waals surface area contributed by atoms with E-state index >= 15 is 0 Å². The topological polar surface area (TPSA) is 87.8 Å². The molecule has 1 aliphatic heterocycles. The van der Waals surface area contributed by atoms with Gasteiger partial charge in [0.15, 0.2) is 0 Å². The summed E-state index contributed by atoms with van der Waals surface area (Å²) in [5.41, 5.74) is 6.75. The molecule has 0 saturated carbocycles. The Labute approximate surface area is 154 Å². The number of thioether (sulfide) groups is 1. The quantitative estimate of drug-likeness (QED) is 0.790. The number of amides is 2. The summed E-state index contributed by atoms with van der Waals surface area (Å²) in [5.74, 6) is -1.41. The molecule has 1 heterocycles. The molecule has 0 saturated heterocycles. The third-order valence-electron chi connectivity index (χ3n) is 3.94. The highest BCUT2D eigenvalue weighted by molar-refractivity contribution is 7.98. The third-order valence-corrected chi connectivity index (χ3v) is 4.68. The van der Waals surface area contributed by atoms with Crippen molar-refractivity contribution in [3.8, 4) is 0 Å². The number of nitrogens with two attached hydrogens (primary N) is 1. The van der Waals surface area contributed by atoms with Crippen molar-refractivity contribution in [1.29, 1.82) is 0 Å². The van der Waals surface area contributed by atoms with Crippen LogP contribution in [0.1, 0.15) is 6.42 Å². The van der Waals surface area contributed by atoms with Gasteiger partial charge < -0.3 is 11.1 Å². The van der Waals surface area contributed by atoms with E-state index in [0.717, 1.165) is 4.90 Å². The molecule has 26 heavy (non-hydrogen) atoms. The van der Waals surface area contributed by atoms with Gasteiger partial charge in [0, 0.05) is 17.0 Å². The number of carbonyl (C=O) groups is 2. The molecule has 0 bridgehead atoms. The van der Waals surface area contributed by atoms with Crippen molar-refractivity contribution >= 4 is 40.7 Å². The number of benzene rings is 2. The predicted octanol–water partition coefficient (Wildman–Crippen LogP) is 2.61. The van der Waals surface area contributed by atoms with Gasteiger partial charge in [-0.15, -0.1) is 11.8 Å². The second kappa shape index (κ2) is 7.57. The predicted molar refractivity (Wildman–Crippen MR) is 101 cm³/mol. The maximum Gasteiger partial charge on any atom is 0.271 e. The highest BCUT2D eigenvalue weighted by Gasteiger charge is 2.35.